The molecule has 176 valence electrons. The van der Waals surface area contributed by atoms with Crippen LogP contribution in [0.3, 0.4) is 0 Å². The SMILES string of the molecule is CC(C)(CNCc1ccc(Cl)c(Cl)c1)c1nc(-c2ccc(Cl)c(O)c2)c(-c2ccnc(N)n2)[nH]1. The van der Waals surface area contributed by atoms with E-state index in [9.17, 15) is 5.11 Å². The van der Waals surface area contributed by atoms with Crippen LogP contribution >= 0.6 is 34.8 Å². The lowest BCUT2D eigenvalue weighted by atomic mass is 9.92. The van der Waals surface area contributed by atoms with Crippen molar-refractivity contribution < 1.29 is 5.11 Å². The predicted molar refractivity (Wildman–Crippen MR) is 137 cm³/mol. The Morgan fingerprint density at radius 3 is 2.47 bits per heavy atom. The Balaban J connectivity index is 1.65. The highest BCUT2D eigenvalue weighted by Gasteiger charge is 2.27. The van der Waals surface area contributed by atoms with E-state index in [2.05, 4.69) is 34.1 Å². The Morgan fingerprint density at radius 2 is 1.76 bits per heavy atom. The molecule has 4 aromatic rings. The molecule has 2 aromatic carbocycles. The molecule has 0 fully saturated rings. The number of phenols is 1. The van der Waals surface area contributed by atoms with Gasteiger partial charge >= 0.3 is 0 Å². The molecule has 0 unspecified atom stereocenters. The number of benzene rings is 2. The Labute approximate surface area is 212 Å². The molecule has 2 aromatic heterocycles. The van der Waals surface area contributed by atoms with Crippen molar-refractivity contribution in [1.29, 1.82) is 0 Å². The van der Waals surface area contributed by atoms with Crippen molar-refractivity contribution in [1.82, 2.24) is 25.3 Å². The summed E-state index contributed by atoms with van der Waals surface area (Å²) in [6.07, 6.45) is 1.59. The second-order valence-electron chi connectivity index (χ2n) is 8.51. The lowest BCUT2D eigenvalue weighted by molar-refractivity contribution is 0.448. The minimum atomic E-state index is -0.379. The summed E-state index contributed by atoms with van der Waals surface area (Å²) in [5, 5.41) is 14.9. The molecule has 5 N–H and O–H groups in total. The summed E-state index contributed by atoms with van der Waals surface area (Å²) in [6, 6.07) is 12.3. The van der Waals surface area contributed by atoms with E-state index in [4.69, 9.17) is 45.5 Å². The van der Waals surface area contributed by atoms with Crippen LogP contribution in [0.5, 0.6) is 5.75 Å². The third kappa shape index (κ3) is 5.28. The van der Waals surface area contributed by atoms with Gasteiger partial charge in [0, 0.05) is 30.3 Å². The molecule has 0 saturated heterocycles. The van der Waals surface area contributed by atoms with Crippen LogP contribution in [0.2, 0.25) is 15.1 Å². The number of nitrogens with two attached hydrogens (primary N) is 1. The van der Waals surface area contributed by atoms with Crippen LogP contribution in [-0.4, -0.2) is 31.6 Å². The van der Waals surface area contributed by atoms with Gasteiger partial charge in [-0.1, -0.05) is 60.8 Å². The molecule has 0 radical (unpaired) electrons. The topological polar surface area (TPSA) is 113 Å². The normalized spacial score (nSPS) is 11.7. The maximum atomic E-state index is 10.2. The monoisotopic (exact) mass is 516 g/mol. The molecule has 0 spiro atoms. The van der Waals surface area contributed by atoms with E-state index in [1.807, 2.05) is 12.1 Å². The van der Waals surface area contributed by atoms with Crippen molar-refractivity contribution in [3.63, 3.8) is 0 Å². The highest BCUT2D eigenvalue weighted by Crippen LogP contribution is 2.36. The van der Waals surface area contributed by atoms with E-state index in [0.717, 1.165) is 11.4 Å². The number of aromatic hydroxyl groups is 1. The van der Waals surface area contributed by atoms with Crippen LogP contribution < -0.4 is 11.1 Å². The molecule has 34 heavy (non-hydrogen) atoms. The lowest BCUT2D eigenvalue weighted by Crippen LogP contribution is -2.33. The zero-order chi connectivity index (χ0) is 24.5. The fraction of sp³-hybridized carbons (Fsp3) is 0.208. The van der Waals surface area contributed by atoms with Crippen molar-refractivity contribution in [2.75, 3.05) is 12.3 Å². The molecule has 0 aliphatic carbocycles. The number of nitrogens with one attached hydrogen (secondary N) is 2. The summed E-state index contributed by atoms with van der Waals surface area (Å²) in [6.45, 7) is 5.40. The van der Waals surface area contributed by atoms with Gasteiger partial charge in [-0.25, -0.2) is 15.0 Å². The quantitative estimate of drug-likeness (QED) is 0.245. The minimum Gasteiger partial charge on any atom is -0.506 e. The predicted octanol–water partition coefficient (Wildman–Crippen LogP) is 5.85. The third-order valence-electron chi connectivity index (χ3n) is 5.37. The fourth-order valence-corrected chi connectivity index (χ4v) is 3.95. The van der Waals surface area contributed by atoms with E-state index < -0.39 is 0 Å². The van der Waals surface area contributed by atoms with Gasteiger partial charge in [0.2, 0.25) is 5.95 Å². The van der Waals surface area contributed by atoms with Crippen molar-refractivity contribution >= 4 is 40.8 Å². The molecule has 4 rings (SSSR count). The highest BCUT2D eigenvalue weighted by atomic mass is 35.5. The molecule has 0 amide bonds. The van der Waals surface area contributed by atoms with Gasteiger partial charge < -0.3 is 21.1 Å². The van der Waals surface area contributed by atoms with Gasteiger partial charge in [-0.05, 0) is 35.9 Å². The summed E-state index contributed by atoms with van der Waals surface area (Å²) >= 11 is 18.1. The number of hydrogen-bond donors (Lipinski definition) is 4. The van der Waals surface area contributed by atoms with Crippen LogP contribution in [-0.2, 0) is 12.0 Å². The molecule has 0 aliphatic heterocycles. The lowest BCUT2D eigenvalue weighted by Gasteiger charge is -2.23. The molecule has 0 aliphatic rings. The summed E-state index contributed by atoms with van der Waals surface area (Å²) in [5.74, 6) is 0.867. The molecule has 0 saturated carbocycles. The molecule has 2 heterocycles. The first-order valence-corrected chi connectivity index (χ1v) is 11.6. The van der Waals surface area contributed by atoms with Crippen molar-refractivity contribution in [2.45, 2.75) is 25.8 Å². The van der Waals surface area contributed by atoms with Crippen molar-refractivity contribution in [2.24, 2.45) is 0 Å². The van der Waals surface area contributed by atoms with Crippen LogP contribution in [0.1, 0.15) is 25.2 Å². The van der Waals surface area contributed by atoms with Crippen LogP contribution in [0.4, 0.5) is 5.95 Å². The average molecular weight is 518 g/mol. The number of nitrogens with zero attached hydrogens (tertiary/aromatic N) is 3. The first-order valence-electron chi connectivity index (χ1n) is 10.5. The number of aromatic amines is 1. The van der Waals surface area contributed by atoms with Gasteiger partial charge in [0.15, 0.2) is 0 Å². The summed E-state index contributed by atoms with van der Waals surface area (Å²) in [5.41, 5.74) is 9.05. The van der Waals surface area contributed by atoms with Crippen LogP contribution in [0.15, 0.2) is 48.7 Å². The first kappa shape index (κ1) is 24.3. The number of rotatable bonds is 7. The van der Waals surface area contributed by atoms with E-state index >= 15 is 0 Å². The number of H-pyrrole nitrogens is 1. The maximum Gasteiger partial charge on any atom is 0.220 e. The molecular formula is C24H23Cl3N6O. The number of hydrogen-bond acceptors (Lipinski definition) is 6. The minimum absolute atomic E-state index is 0.0283. The van der Waals surface area contributed by atoms with Gasteiger partial charge in [0.25, 0.3) is 0 Å². The highest BCUT2D eigenvalue weighted by molar-refractivity contribution is 6.42. The Hall–Kier alpha value is -2.84. The zero-order valence-corrected chi connectivity index (χ0v) is 20.8. The second-order valence-corrected chi connectivity index (χ2v) is 9.73. The fourth-order valence-electron chi connectivity index (χ4n) is 3.51. The zero-order valence-electron chi connectivity index (χ0n) is 18.5. The number of phenolic OH excluding ortho intramolecular Hbond substituents is 1. The summed E-state index contributed by atoms with van der Waals surface area (Å²) in [4.78, 5) is 16.6. The van der Waals surface area contributed by atoms with Gasteiger partial charge in [0.1, 0.15) is 11.6 Å². The van der Waals surface area contributed by atoms with E-state index in [-0.39, 0.29) is 22.1 Å². The van der Waals surface area contributed by atoms with Crippen molar-refractivity contribution in [3.8, 4) is 28.4 Å². The second kappa shape index (κ2) is 9.80. The molecule has 0 bridgehead atoms. The van der Waals surface area contributed by atoms with Gasteiger partial charge in [0.05, 0.1) is 32.1 Å². The van der Waals surface area contributed by atoms with E-state index in [1.54, 1.807) is 36.5 Å². The van der Waals surface area contributed by atoms with Crippen LogP contribution in [0.25, 0.3) is 22.6 Å². The molecular weight excluding hydrogens is 495 g/mol. The Morgan fingerprint density at radius 1 is 1.00 bits per heavy atom. The summed E-state index contributed by atoms with van der Waals surface area (Å²) < 4.78 is 0. The van der Waals surface area contributed by atoms with E-state index in [0.29, 0.717) is 45.8 Å². The van der Waals surface area contributed by atoms with Gasteiger partial charge in [-0.3, -0.25) is 0 Å². The largest absolute Gasteiger partial charge is 0.506 e. The number of imidazole rings is 1. The molecule has 0 atom stereocenters. The Bertz CT molecular complexity index is 1340. The number of aromatic nitrogens is 4. The number of anilines is 1. The molecule has 10 heteroatoms. The number of halogens is 3. The smallest absolute Gasteiger partial charge is 0.220 e. The first-order chi connectivity index (χ1) is 16.1. The third-order valence-corrected chi connectivity index (χ3v) is 6.43. The van der Waals surface area contributed by atoms with Gasteiger partial charge in [-0.15, -0.1) is 0 Å². The van der Waals surface area contributed by atoms with E-state index in [1.165, 1.54) is 0 Å². The summed E-state index contributed by atoms with van der Waals surface area (Å²) in [7, 11) is 0. The maximum absolute atomic E-state index is 10.2. The Kier molecular flexibility index (Phi) is 7.00. The van der Waals surface area contributed by atoms with Gasteiger partial charge in [-0.2, -0.15) is 0 Å². The standard InChI is InChI=1S/C24H23Cl3N6O/c1-24(2,12-29-11-13-3-5-15(25)17(27)9-13)22-32-20(14-4-6-16(26)19(34)10-14)21(33-22)18-7-8-30-23(28)31-18/h3-10,29,34H,11-12H2,1-2H3,(H,32,33)(H2,28,30,31). The number of nitrogen functional groups attached to an aromatic ring is 1. The van der Waals surface area contributed by atoms with Crippen molar-refractivity contribution in [3.05, 3.63) is 75.1 Å². The average Bonchev–Trinajstić information content (AvgIpc) is 3.25. The van der Waals surface area contributed by atoms with Crippen LogP contribution in [0, 0.1) is 0 Å². The molecule has 7 nitrogen and oxygen atoms in total.